The van der Waals surface area contributed by atoms with Gasteiger partial charge in [-0.15, -0.1) is 48.2 Å². The molecule has 0 aliphatic heterocycles. The largest absolute Gasteiger partial charge is 2.00 e. The third kappa shape index (κ3) is 7.26. The van der Waals surface area contributed by atoms with Gasteiger partial charge >= 0.3 is 21.7 Å². The van der Waals surface area contributed by atoms with Gasteiger partial charge in [0.15, 0.2) is 0 Å². The number of rotatable bonds is 2. The van der Waals surface area contributed by atoms with Crippen LogP contribution < -0.4 is 0 Å². The van der Waals surface area contributed by atoms with E-state index in [0.717, 1.165) is 11.1 Å². The Balaban J connectivity index is 0. The van der Waals surface area contributed by atoms with E-state index in [9.17, 15) is 0 Å². The van der Waals surface area contributed by atoms with Crippen LogP contribution in [0.2, 0.25) is 0 Å². The summed E-state index contributed by atoms with van der Waals surface area (Å²) in [6.45, 7) is 14.8. The average molecular weight is 466 g/mol. The van der Waals surface area contributed by atoms with Crippen molar-refractivity contribution in [2.75, 3.05) is 0 Å². The molecule has 1 unspecified atom stereocenters. The molecule has 1 nitrogen and oxygen atoms in total. The van der Waals surface area contributed by atoms with Crippen LogP contribution in [0.15, 0.2) is 53.6 Å². The molecule has 1 N–H and O–H groups in total. The van der Waals surface area contributed by atoms with Crippen molar-refractivity contribution in [3.63, 3.8) is 0 Å². The maximum atomic E-state index is 7.54. The Kier molecular flexibility index (Phi) is 13.7. The quantitative estimate of drug-likeness (QED) is 0.312. The van der Waals surface area contributed by atoms with E-state index in [-0.39, 0.29) is 46.5 Å². The van der Waals surface area contributed by atoms with Gasteiger partial charge in [0.1, 0.15) is 0 Å². The van der Waals surface area contributed by atoms with Crippen LogP contribution in [0.3, 0.4) is 0 Å². The third-order valence-electron chi connectivity index (χ3n) is 5.19. The van der Waals surface area contributed by atoms with Crippen LogP contribution >= 0.6 is 24.8 Å². The zero-order chi connectivity index (χ0) is 19.4. The first-order valence-electron chi connectivity index (χ1n) is 9.34. The van der Waals surface area contributed by atoms with E-state index >= 15 is 0 Å². The van der Waals surface area contributed by atoms with Crippen LogP contribution in [0.25, 0.3) is 11.3 Å². The van der Waals surface area contributed by atoms with Gasteiger partial charge in [-0.1, -0.05) is 71.5 Å². The molecule has 29 heavy (non-hydrogen) atoms. The Bertz CT molecular complexity index is 846. The zero-order valence-corrected chi connectivity index (χ0v) is 21.7. The van der Waals surface area contributed by atoms with E-state index in [0.29, 0.717) is 11.6 Å². The molecule has 0 spiro atoms. The molecule has 0 aromatic heterocycles. The van der Waals surface area contributed by atoms with Crippen LogP contribution in [0, 0.1) is 33.1 Å². The first kappa shape index (κ1) is 30.1. The summed E-state index contributed by atoms with van der Waals surface area (Å²) in [5.41, 5.74) is 18.7. The summed E-state index contributed by atoms with van der Waals surface area (Å²) < 4.78 is 0. The fraction of sp³-hybridized carbons (Fsp3) is 0.320. The molecule has 2 aromatic rings. The van der Waals surface area contributed by atoms with Crippen LogP contribution in [0.5, 0.6) is 0 Å². The molecule has 1 aliphatic carbocycles. The fourth-order valence-corrected chi connectivity index (χ4v) is 3.76. The average Bonchev–Trinajstić information content (AvgIpc) is 2.85. The van der Waals surface area contributed by atoms with Crippen molar-refractivity contribution >= 4 is 36.1 Å². The second-order valence-electron chi connectivity index (χ2n) is 7.33. The van der Waals surface area contributed by atoms with Crippen LogP contribution in [-0.4, -0.2) is 0 Å². The number of nitrogens with one attached hydrogen (secondary N) is 1. The number of aryl methyl sites for hydroxylation is 3. The second kappa shape index (κ2) is 13.2. The van der Waals surface area contributed by atoms with Crippen LogP contribution in [0.4, 0.5) is 5.69 Å². The van der Waals surface area contributed by atoms with Crippen LogP contribution in [-0.2, 0) is 21.7 Å². The second-order valence-corrected chi connectivity index (χ2v) is 7.33. The van der Waals surface area contributed by atoms with Gasteiger partial charge in [0.25, 0.3) is 0 Å². The molecule has 0 saturated carbocycles. The predicted molar refractivity (Wildman–Crippen MR) is 130 cm³/mol. The van der Waals surface area contributed by atoms with Gasteiger partial charge in [-0.3, -0.25) is 0 Å². The summed E-state index contributed by atoms with van der Waals surface area (Å²) in [7, 11) is 0. The zero-order valence-electron chi connectivity index (χ0n) is 18.5. The minimum absolute atomic E-state index is 0. The van der Waals surface area contributed by atoms with E-state index < -0.39 is 0 Å². The van der Waals surface area contributed by atoms with Crippen molar-refractivity contribution in [3.8, 4) is 0 Å². The maximum Gasteiger partial charge on any atom is 2.00 e. The number of halogens is 2. The van der Waals surface area contributed by atoms with Gasteiger partial charge in [-0.05, 0) is 40.5 Å². The molecule has 0 fully saturated rings. The Morgan fingerprint density at radius 3 is 1.86 bits per heavy atom. The standard InChI is InChI=1S/C16H19.C9H12N.2ClH.Ti/c1-5-14-8-6-7-9-15(14)16-12(3)10-11(2)13(16)4;1-6-4-7(2)9(10)8(3)5-6;;;/h5-10,12H,1-4H3;4-5,10H,1-3H3;2*1H;/q2*-1;;;+2. The SMILES string of the molecule is C[CH-]c1ccccc1C1=C(C)C(C)=CC1C.Cc1cc(C)c([NH-])c(C)c1.Cl.Cl.[Ti+2]. The van der Waals surface area contributed by atoms with Crippen molar-refractivity contribution in [2.24, 2.45) is 5.92 Å². The van der Waals surface area contributed by atoms with E-state index in [2.05, 4.69) is 71.4 Å². The summed E-state index contributed by atoms with van der Waals surface area (Å²) in [5, 5.41) is 0. The molecule has 0 bridgehead atoms. The number of allylic oxidation sites excluding steroid dienone is 4. The van der Waals surface area contributed by atoms with Crippen molar-refractivity contribution in [3.05, 3.63) is 93.6 Å². The fourth-order valence-electron chi connectivity index (χ4n) is 3.76. The van der Waals surface area contributed by atoms with Crippen molar-refractivity contribution in [2.45, 2.75) is 48.5 Å². The molecule has 2 aromatic carbocycles. The minimum atomic E-state index is 0. The van der Waals surface area contributed by atoms with Gasteiger partial charge in [0, 0.05) is 0 Å². The molecule has 0 amide bonds. The monoisotopic (exact) mass is 465 g/mol. The molecular weight excluding hydrogens is 433 g/mol. The van der Waals surface area contributed by atoms with Gasteiger partial charge in [0.05, 0.1) is 0 Å². The van der Waals surface area contributed by atoms with Crippen LogP contribution in [0.1, 0.15) is 55.5 Å². The first-order chi connectivity index (χ1) is 12.3. The molecule has 0 saturated heterocycles. The molecular formula is C25H33Cl2NTi. The molecule has 1 aliphatic rings. The van der Waals surface area contributed by atoms with E-state index in [1.807, 2.05) is 26.0 Å². The Morgan fingerprint density at radius 2 is 1.41 bits per heavy atom. The summed E-state index contributed by atoms with van der Waals surface area (Å²) in [6, 6.07) is 12.7. The summed E-state index contributed by atoms with van der Waals surface area (Å²) >= 11 is 0. The molecule has 1 atom stereocenters. The third-order valence-corrected chi connectivity index (χ3v) is 5.19. The molecule has 156 valence electrons. The molecule has 3 rings (SSSR count). The van der Waals surface area contributed by atoms with E-state index in [1.165, 1.54) is 33.4 Å². The van der Waals surface area contributed by atoms with Gasteiger partial charge in [-0.2, -0.15) is 18.1 Å². The first-order valence-corrected chi connectivity index (χ1v) is 9.34. The summed E-state index contributed by atoms with van der Waals surface area (Å²) in [5.74, 6) is 0.543. The number of benzene rings is 2. The van der Waals surface area contributed by atoms with Crippen molar-refractivity contribution in [1.29, 1.82) is 0 Å². The Labute approximate surface area is 205 Å². The number of hydrogen-bond acceptors (Lipinski definition) is 0. The number of hydrogen-bond donors (Lipinski definition) is 0. The minimum Gasteiger partial charge on any atom is -0.698 e. The normalized spacial score (nSPS) is 14.4. The maximum absolute atomic E-state index is 7.54. The predicted octanol–water partition coefficient (Wildman–Crippen LogP) is 8.77. The Hall–Kier alpha value is -1.12. The Morgan fingerprint density at radius 1 is 0.897 bits per heavy atom. The summed E-state index contributed by atoms with van der Waals surface area (Å²) in [4.78, 5) is 0. The van der Waals surface area contributed by atoms with E-state index in [4.69, 9.17) is 5.73 Å². The van der Waals surface area contributed by atoms with Gasteiger partial charge in [-0.25, -0.2) is 0 Å². The van der Waals surface area contributed by atoms with E-state index in [1.54, 1.807) is 0 Å². The van der Waals surface area contributed by atoms with Gasteiger partial charge < -0.3 is 5.73 Å². The van der Waals surface area contributed by atoms with Gasteiger partial charge in [0.2, 0.25) is 0 Å². The van der Waals surface area contributed by atoms with Crippen molar-refractivity contribution < 1.29 is 21.7 Å². The molecule has 0 heterocycles. The summed E-state index contributed by atoms with van der Waals surface area (Å²) in [6.07, 6.45) is 4.55. The van der Waals surface area contributed by atoms with Crippen molar-refractivity contribution in [1.82, 2.24) is 0 Å². The molecule has 4 heteroatoms. The smallest absolute Gasteiger partial charge is 0.698 e. The topological polar surface area (TPSA) is 23.8 Å². The molecule has 0 radical (unpaired) electrons.